The molecule has 0 aliphatic rings. The van der Waals surface area contributed by atoms with E-state index in [1.165, 1.54) is 46.3 Å². The third-order valence-corrected chi connectivity index (χ3v) is 5.34. The standard InChI is InChI=1S/C18H28N2S/c1-4-5-8-11-20(14(2)3)13-16-15-9-6-7-10-17(15)21-18(16)12-19/h6-7,9-10,14H,4-5,8,11-13,19H2,1-3H3. The molecule has 2 N–H and O–H groups in total. The molecule has 2 rings (SSSR count). The minimum Gasteiger partial charge on any atom is -0.326 e. The van der Waals surface area contributed by atoms with Gasteiger partial charge in [0.25, 0.3) is 0 Å². The van der Waals surface area contributed by atoms with E-state index in [4.69, 9.17) is 5.73 Å². The second kappa shape index (κ2) is 7.92. The van der Waals surface area contributed by atoms with E-state index in [0.717, 1.165) is 6.54 Å². The molecule has 3 heteroatoms. The van der Waals surface area contributed by atoms with E-state index >= 15 is 0 Å². The molecule has 0 amide bonds. The lowest BCUT2D eigenvalue weighted by Gasteiger charge is -2.27. The van der Waals surface area contributed by atoms with E-state index < -0.39 is 0 Å². The van der Waals surface area contributed by atoms with Gasteiger partial charge < -0.3 is 5.73 Å². The molecule has 0 atom stereocenters. The highest BCUT2D eigenvalue weighted by molar-refractivity contribution is 7.19. The van der Waals surface area contributed by atoms with Crippen LogP contribution in [0.15, 0.2) is 24.3 Å². The van der Waals surface area contributed by atoms with Gasteiger partial charge in [-0.2, -0.15) is 0 Å². The van der Waals surface area contributed by atoms with Crippen LogP contribution in [0.5, 0.6) is 0 Å². The van der Waals surface area contributed by atoms with E-state index in [1.54, 1.807) is 0 Å². The maximum absolute atomic E-state index is 5.98. The molecule has 21 heavy (non-hydrogen) atoms. The highest BCUT2D eigenvalue weighted by Gasteiger charge is 2.16. The molecule has 1 heterocycles. The summed E-state index contributed by atoms with van der Waals surface area (Å²) in [6, 6.07) is 9.27. The Morgan fingerprint density at radius 3 is 2.62 bits per heavy atom. The van der Waals surface area contributed by atoms with Crippen molar-refractivity contribution in [2.24, 2.45) is 5.73 Å². The van der Waals surface area contributed by atoms with Crippen LogP contribution in [0.3, 0.4) is 0 Å². The van der Waals surface area contributed by atoms with E-state index in [1.807, 2.05) is 11.3 Å². The van der Waals surface area contributed by atoms with Crippen LogP contribution in [0.25, 0.3) is 10.1 Å². The van der Waals surface area contributed by atoms with Gasteiger partial charge in [-0.05, 0) is 43.8 Å². The molecular weight excluding hydrogens is 276 g/mol. The lowest BCUT2D eigenvalue weighted by Crippen LogP contribution is -2.31. The van der Waals surface area contributed by atoms with Gasteiger partial charge in [0.05, 0.1) is 0 Å². The summed E-state index contributed by atoms with van der Waals surface area (Å²) in [5, 5.41) is 1.39. The van der Waals surface area contributed by atoms with Gasteiger partial charge in [0.15, 0.2) is 0 Å². The molecule has 1 aromatic carbocycles. The molecule has 116 valence electrons. The van der Waals surface area contributed by atoms with Crippen LogP contribution < -0.4 is 5.73 Å². The SMILES string of the molecule is CCCCCN(Cc1c(CN)sc2ccccc12)C(C)C. The first-order valence-electron chi connectivity index (χ1n) is 8.10. The van der Waals surface area contributed by atoms with Crippen LogP contribution in [0.1, 0.15) is 50.5 Å². The van der Waals surface area contributed by atoms with E-state index in [9.17, 15) is 0 Å². The summed E-state index contributed by atoms with van der Waals surface area (Å²) in [5.74, 6) is 0. The van der Waals surface area contributed by atoms with Gasteiger partial charge in [0, 0.05) is 28.7 Å². The minimum absolute atomic E-state index is 0.575. The third kappa shape index (κ3) is 4.06. The lowest BCUT2D eigenvalue weighted by molar-refractivity contribution is 0.209. The van der Waals surface area contributed by atoms with Gasteiger partial charge in [0.1, 0.15) is 0 Å². The zero-order chi connectivity index (χ0) is 15.2. The van der Waals surface area contributed by atoms with Crippen molar-refractivity contribution in [2.75, 3.05) is 6.54 Å². The molecule has 0 aliphatic carbocycles. The number of nitrogens with two attached hydrogens (primary N) is 1. The monoisotopic (exact) mass is 304 g/mol. The Morgan fingerprint density at radius 1 is 1.19 bits per heavy atom. The van der Waals surface area contributed by atoms with Crippen molar-refractivity contribution < 1.29 is 0 Å². The summed E-state index contributed by atoms with van der Waals surface area (Å²) in [5.41, 5.74) is 7.43. The van der Waals surface area contributed by atoms with Crippen LogP contribution in [0.2, 0.25) is 0 Å². The van der Waals surface area contributed by atoms with Gasteiger partial charge in [-0.25, -0.2) is 0 Å². The fourth-order valence-corrected chi connectivity index (χ4v) is 3.87. The van der Waals surface area contributed by atoms with Gasteiger partial charge in [-0.3, -0.25) is 4.90 Å². The van der Waals surface area contributed by atoms with E-state index in [0.29, 0.717) is 12.6 Å². The Labute approximate surface area is 133 Å². The predicted molar refractivity (Wildman–Crippen MR) is 94.8 cm³/mol. The number of nitrogens with zero attached hydrogens (tertiary/aromatic N) is 1. The van der Waals surface area contributed by atoms with Crippen LogP contribution in [0.4, 0.5) is 0 Å². The molecule has 1 aromatic heterocycles. The number of unbranched alkanes of at least 4 members (excludes halogenated alkanes) is 2. The largest absolute Gasteiger partial charge is 0.326 e. The summed E-state index contributed by atoms with van der Waals surface area (Å²) < 4.78 is 1.37. The molecule has 0 bridgehead atoms. The number of thiophene rings is 1. The summed E-state index contributed by atoms with van der Waals surface area (Å²) in [4.78, 5) is 3.93. The molecule has 0 saturated carbocycles. The van der Waals surface area contributed by atoms with Crippen molar-refractivity contribution in [3.05, 3.63) is 34.7 Å². The summed E-state index contributed by atoms with van der Waals surface area (Å²) in [7, 11) is 0. The first-order chi connectivity index (χ1) is 10.2. The first-order valence-corrected chi connectivity index (χ1v) is 8.92. The van der Waals surface area contributed by atoms with E-state index in [-0.39, 0.29) is 0 Å². The maximum atomic E-state index is 5.98. The Hall–Kier alpha value is -0.900. The number of rotatable bonds is 8. The summed E-state index contributed by atoms with van der Waals surface area (Å²) >= 11 is 1.85. The number of fused-ring (bicyclic) bond motifs is 1. The number of hydrogen-bond acceptors (Lipinski definition) is 3. The maximum Gasteiger partial charge on any atom is 0.0349 e. The fraction of sp³-hybridized carbons (Fsp3) is 0.556. The van der Waals surface area contributed by atoms with Gasteiger partial charge >= 0.3 is 0 Å². The van der Waals surface area contributed by atoms with Crippen molar-refractivity contribution in [3.8, 4) is 0 Å². The predicted octanol–water partition coefficient (Wildman–Crippen LogP) is 4.76. The molecule has 0 fully saturated rings. The van der Waals surface area contributed by atoms with Crippen LogP contribution in [0, 0.1) is 0 Å². The van der Waals surface area contributed by atoms with Crippen molar-refractivity contribution in [3.63, 3.8) is 0 Å². The molecular formula is C18H28N2S. The molecule has 2 aromatic rings. The van der Waals surface area contributed by atoms with Crippen molar-refractivity contribution in [1.82, 2.24) is 4.90 Å². The highest BCUT2D eigenvalue weighted by atomic mass is 32.1. The highest BCUT2D eigenvalue weighted by Crippen LogP contribution is 2.32. The average molecular weight is 305 g/mol. The van der Waals surface area contributed by atoms with Crippen LogP contribution in [-0.4, -0.2) is 17.5 Å². The lowest BCUT2D eigenvalue weighted by atomic mass is 10.1. The van der Waals surface area contributed by atoms with Crippen molar-refractivity contribution in [1.29, 1.82) is 0 Å². The molecule has 0 saturated heterocycles. The Balaban J connectivity index is 2.23. The summed E-state index contributed by atoms with van der Waals surface area (Å²) in [6.45, 7) is 9.71. The average Bonchev–Trinajstić information content (AvgIpc) is 2.84. The van der Waals surface area contributed by atoms with Crippen molar-refractivity contribution in [2.45, 2.75) is 59.2 Å². The topological polar surface area (TPSA) is 29.3 Å². The Bertz CT molecular complexity index is 559. The van der Waals surface area contributed by atoms with Gasteiger partial charge in [-0.15, -0.1) is 11.3 Å². The normalized spacial score (nSPS) is 11.9. The second-order valence-corrected chi connectivity index (χ2v) is 7.11. The fourth-order valence-electron chi connectivity index (χ4n) is 2.78. The Morgan fingerprint density at radius 2 is 1.95 bits per heavy atom. The third-order valence-electron chi connectivity index (χ3n) is 4.11. The minimum atomic E-state index is 0.575. The van der Waals surface area contributed by atoms with Crippen LogP contribution in [-0.2, 0) is 13.1 Å². The zero-order valence-electron chi connectivity index (χ0n) is 13.6. The zero-order valence-corrected chi connectivity index (χ0v) is 14.4. The molecule has 0 spiro atoms. The van der Waals surface area contributed by atoms with Gasteiger partial charge in [-0.1, -0.05) is 38.0 Å². The molecule has 0 radical (unpaired) electrons. The molecule has 2 nitrogen and oxygen atoms in total. The van der Waals surface area contributed by atoms with Gasteiger partial charge in [0.2, 0.25) is 0 Å². The summed E-state index contributed by atoms with van der Waals surface area (Å²) in [6.07, 6.45) is 3.88. The molecule has 0 unspecified atom stereocenters. The quantitative estimate of drug-likeness (QED) is 0.712. The smallest absolute Gasteiger partial charge is 0.0349 e. The van der Waals surface area contributed by atoms with E-state index in [2.05, 4.69) is 49.9 Å². The number of hydrogen-bond donors (Lipinski definition) is 1. The van der Waals surface area contributed by atoms with Crippen LogP contribution >= 0.6 is 11.3 Å². The van der Waals surface area contributed by atoms with Crippen molar-refractivity contribution >= 4 is 21.4 Å². The first kappa shape index (κ1) is 16.5. The Kier molecular flexibility index (Phi) is 6.22. The second-order valence-electron chi connectivity index (χ2n) is 5.98. The molecule has 0 aliphatic heterocycles. The number of benzene rings is 1.